The minimum atomic E-state index is -0.680. The molecule has 31 heavy (non-hydrogen) atoms. The van der Waals surface area contributed by atoms with Gasteiger partial charge in [-0.1, -0.05) is 41.0 Å². The van der Waals surface area contributed by atoms with Gasteiger partial charge in [0, 0.05) is 12.2 Å². The summed E-state index contributed by atoms with van der Waals surface area (Å²) in [7, 11) is 0. The third-order valence-corrected chi connectivity index (χ3v) is 5.46. The molecule has 4 rings (SSSR count). The molecule has 0 spiro atoms. The standard InChI is InChI=1S/C22H20ClFN4O3/c1-13-19(21(27-31-13)20-15(23)8-4-9-16(20)24)22(30)26-25-18(29)12-28-11-5-7-14-6-2-3-10-17(14)28/h2-4,6,8-10H,5,7,11-12H2,1H3,(H,25,29)(H,26,30). The number of carbonyl (C=O) groups is 2. The summed E-state index contributed by atoms with van der Waals surface area (Å²) in [5.74, 6) is -1.53. The van der Waals surface area contributed by atoms with Crippen LogP contribution in [0.1, 0.15) is 28.1 Å². The van der Waals surface area contributed by atoms with Gasteiger partial charge in [-0.05, 0) is 43.5 Å². The maximum absolute atomic E-state index is 14.3. The van der Waals surface area contributed by atoms with Crippen LogP contribution < -0.4 is 15.8 Å². The summed E-state index contributed by atoms with van der Waals surface area (Å²) >= 11 is 6.10. The van der Waals surface area contributed by atoms with Gasteiger partial charge in [0.15, 0.2) is 0 Å². The van der Waals surface area contributed by atoms with Crippen molar-refractivity contribution in [2.75, 3.05) is 18.0 Å². The van der Waals surface area contributed by atoms with E-state index >= 15 is 0 Å². The Balaban J connectivity index is 1.46. The van der Waals surface area contributed by atoms with Crippen molar-refractivity contribution in [1.82, 2.24) is 16.0 Å². The van der Waals surface area contributed by atoms with Gasteiger partial charge in [0.2, 0.25) is 0 Å². The number of rotatable bonds is 4. The van der Waals surface area contributed by atoms with Crippen molar-refractivity contribution in [2.24, 2.45) is 0 Å². The molecule has 2 heterocycles. The summed E-state index contributed by atoms with van der Waals surface area (Å²) in [6.07, 6.45) is 1.92. The lowest BCUT2D eigenvalue weighted by atomic mass is 10.0. The van der Waals surface area contributed by atoms with E-state index in [9.17, 15) is 14.0 Å². The molecule has 0 radical (unpaired) electrons. The number of carbonyl (C=O) groups excluding carboxylic acids is 2. The van der Waals surface area contributed by atoms with Gasteiger partial charge >= 0.3 is 0 Å². The molecule has 160 valence electrons. The van der Waals surface area contributed by atoms with Crippen LogP contribution in [0.25, 0.3) is 11.3 Å². The number of anilines is 1. The fourth-order valence-corrected chi connectivity index (χ4v) is 3.96. The Morgan fingerprint density at radius 1 is 1.19 bits per heavy atom. The minimum absolute atomic E-state index is 0.00406. The average Bonchev–Trinajstić information content (AvgIpc) is 3.13. The van der Waals surface area contributed by atoms with E-state index in [-0.39, 0.29) is 40.1 Å². The number of nitrogens with one attached hydrogen (secondary N) is 2. The van der Waals surface area contributed by atoms with Crippen LogP contribution in [-0.2, 0) is 11.2 Å². The third kappa shape index (κ3) is 4.25. The molecule has 1 aliphatic rings. The molecule has 0 unspecified atom stereocenters. The lowest BCUT2D eigenvalue weighted by molar-refractivity contribution is -0.120. The monoisotopic (exact) mass is 442 g/mol. The Hall–Kier alpha value is -3.39. The van der Waals surface area contributed by atoms with Crippen LogP contribution in [0, 0.1) is 12.7 Å². The first-order chi connectivity index (χ1) is 15.0. The molecule has 0 atom stereocenters. The normalized spacial score (nSPS) is 12.9. The Bertz CT molecular complexity index is 1130. The zero-order chi connectivity index (χ0) is 22.0. The number of aromatic nitrogens is 1. The smallest absolute Gasteiger partial charge is 0.275 e. The number of aryl methyl sites for hydroxylation is 2. The molecule has 2 amide bonds. The molecule has 1 aromatic heterocycles. The van der Waals surface area contributed by atoms with Crippen molar-refractivity contribution in [2.45, 2.75) is 19.8 Å². The average molecular weight is 443 g/mol. The van der Waals surface area contributed by atoms with E-state index in [4.69, 9.17) is 16.1 Å². The molecule has 2 N–H and O–H groups in total. The number of amides is 2. The number of para-hydroxylation sites is 1. The Kier molecular flexibility index (Phi) is 5.90. The second-order valence-corrected chi connectivity index (χ2v) is 7.62. The Morgan fingerprint density at radius 2 is 2.00 bits per heavy atom. The van der Waals surface area contributed by atoms with Gasteiger partial charge in [0.05, 0.1) is 17.1 Å². The maximum Gasteiger partial charge on any atom is 0.275 e. The van der Waals surface area contributed by atoms with Crippen molar-refractivity contribution in [3.05, 3.63) is 70.2 Å². The van der Waals surface area contributed by atoms with Crippen molar-refractivity contribution < 1.29 is 18.5 Å². The summed E-state index contributed by atoms with van der Waals surface area (Å²) in [6, 6.07) is 12.1. The molecule has 0 saturated carbocycles. The zero-order valence-corrected chi connectivity index (χ0v) is 17.5. The first-order valence-electron chi connectivity index (χ1n) is 9.78. The highest BCUT2D eigenvalue weighted by molar-refractivity contribution is 6.33. The number of fused-ring (bicyclic) bond motifs is 1. The fourth-order valence-electron chi connectivity index (χ4n) is 3.71. The SMILES string of the molecule is Cc1onc(-c2c(F)cccc2Cl)c1C(=O)NNC(=O)CN1CCCc2ccccc21. The molecule has 0 aliphatic carbocycles. The van der Waals surface area contributed by atoms with E-state index in [1.165, 1.54) is 30.7 Å². The second kappa shape index (κ2) is 8.77. The zero-order valence-electron chi connectivity index (χ0n) is 16.7. The Labute approximate surface area is 183 Å². The maximum atomic E-state index is 14.3. The van der Waals surface area contributed by atoms with Crippen LogP contribution in [0.3, 0.4) is 0 Å². The molecular weight excluding hydrogens is 423 g/mol. The van der Waals surface area contributed by atoms with Gasteiger partial charge in [-0.3, -0.25) is 20.4 Å². The highest BCUT2D eigenvalue weighted by Gasteiger charge is 2.26. The van der Waals surface area contributed by atoms with E-state index in [1.807, 2.05) is 29.2 Å². The highest BCUT2D eigenvalue weighted by atomic mass is 35.5. The topological polar surface area (TPSA) is 87.5 Å². The van der Waals surface area contributed by atoms with Crippen LogP contribution in [0.5, 0.6) is 0 Å². The molecular formula is C22H20ClFN4O3. The summed E-state index contributed by atoms with van der Waals surface area (Å²) in [5.41, 5.74) is 6.90. The number of nitrogens with zero attached hydrogens (tertiary/aromatic N) is 2. The third-order valence-electron chi connectivity index (χ3n) is 5.15. The second-order valence-electron chi connectivity index (χ2n) is 7.22. The van der Waals surface area contributed by atoms with Crippen LogP contribution in [0.4, 0.5) is 10.1 Å². The summed E-state index contributed by atoms with van der Waals surface area (Å²) < 4.78 is 19.4. The van der Waals surface area contributed by atoms with E-state index < -0.39 is 11.7 Å². The van der Waals surface area contributed by atoms with Gasteiger partial charge in [-0.15, -0.1) is 0 Å². The van der Waals surface area contributed by atoms with Gasteiger partial charge in [-0.2, -0.15) is 0 Å². The first kappa shape index (κ1) is 20.9. The van der Waals surface area contributed by atoms with Crippen LogP contribution >= 0.6 is 11.6 Å². The van der Waals surface area contributed by atoms with E-state index in [2.05, 4.69) is 16.0 Å². The largest absolute Gasteiger partial charge is 0.362 e. The molecule has 9 heteroatoms. The molecule has 1 aliphatic heterocycles. The number of halogens is 2. The Morgan fingerprint density at radius 3 is 2.81 bits per heavy atom. The van der Waals surface area contributed by atoms with Gasteiger partial charge in [0.1, 0.15) is 22.8 Å². The molecule has 0 fully saturated rings. The lowest BCUT2D eigenvalue weighted by Gasteiger charge is -2.30. The highest BCUT2D eigenvalue weighted by Crippen LogP contribution is 2.33. The lowest BCUT2D eigenvalue weighted by Crippen LogP contribution is -2.47. The predicted octanol–water partition coefficient (Wildman–Crippen LogP) is 3.66. The summed E-state index contributed by atoms with van der Waals surface area (Å²) in [5, 5.41) is 3.89. The molecule has 0 saturated heterocycles. The number of hydrogen-bond acceptors (Lipinski definition) is 5. The van der Waals surface area contributed by atoms with Gasteiger partial charge in [-0.25, -0.2) is 4.39 Å². The van der Waals surface area contributed by atoms with Crippen molar-refractivity contribution in [1.29, 1.82) is 0 Å². The van der Waals surface area contributed by atoms with E-state index in [0.717, 1.165) is 25.1 Å². The van der Waals surface area contributed by atoms with Crippen LogP contribution in [-0.4, -0.2) is 30.1 Å². The van der Waals surface area contributed by atoms with E-state index in [0.29, 0.717) is 0 Å². The van der Waals surface area contributed by atoms with Crippen LogP contribution in [0.2, 0.25) is 5.02 Å². The molecule has 3 aromatic rings. The van der Waals surface area contributed by atoms with Crippen molar-refractivity contribution in [3.8, 4) is 11.3 Å². The van der Waals surface area contributed by atoms with Gasteiger partial charge < -0.3 is 9.42 Å². The summed E-state index contributed by atoms with van der Waals surface area (Å²) in [6.45, 7) is 2.36. The summed E-state index contributed by atoms with van der Waals surface area (Å²) in [4.78, 5) is 27.2. The predicted molar refractivity (Wildman–Crippen MR) is 114 cm³/mol. The van der Waals surface area contributed by atoms with Crippen molar-refractivity contribution >= 4 is 29.1 Å². The number of hydrazine groups is 1. The quantitative estimate of drug-likeness (QED) is 0.602. The van der Waals surface area contributed by atoms with Crippen molar-refractivity contribution in [3.63, 3.8) is 0 Å². The molecule has 2 aromatic carbocycles. The fraction of sp³-hybridized carbons (Fsp3) is 0.227. The molecule has 0 bridgehead atoms. The van der Waals surface area contributed by atoms with E-state index in [1.54, 1.807) is 0 Å². The van der Waals surface area contributed by atoms with Crippen LogP contribution in [0.15, 0.2) is 47.0 Å². The number of hydrogen-bond donors (Lipinski definition) is 2. The minimum Gasteiger partial charge on any atom is -0.362 e. The first-order valence-corrected chi connectivity index (χ1v) is 10.2. The molecule has 7 nitrogen and oxygen atoms in total. The number of benzene rings is 2. The van der Waals surface area contributed by atoms with Gasteiger partial charge in [0.25, 0.3) is 11.8 Å².